The van der Waals surface area contributed by atoms with E-state index in [2.05, 4.69) is 10.3 Å². The van der Waals surface area contributed by atoms with Gasteiger partial charge in [-0.25, -0.2) is 9.37 Å². The second-order valence-corrected chi connectivity index (χ2v) is 5.58. The van der Waals surface area contributed by atoms with Gasteiger partial charge in [-0.05, 0) is 19.4 Å². The molecule has 0 aliphatic rings. The van der Waals surface area contributed by atoms with Gasteiger partial charge in [0.25, 0.3) is 5.91 Å². The average molecular weight is 273 g/mol. The molecule has 1 aromatic rings. The van der Waals surface area contributed by atoms with Crippen molar-refractivity contribution in [3.05, 3.63) is 23.6 Å². The van der Waals surface area contributed by atoms with E-state index in [0.29, 0.717) is 12.2 Å². The van der Waals surface area contributed by atoms with Gasteiger partial charge in [-0.3, -0.25) is 9.00 Å². The zero-order valence-corrected chi connectivity index (χ0v) is 11.1. The van der Waals surface area contributed by atoms with Crippen LogP contribution in [0.1, 0.15) is 23.7 Å². The molecule has 0 bridgehead atoms. The van der Waals surface area contributed by atoms with Gasteiger partial charge in [-0.2, -0.15) is 0 Å². The molecule has 5 nitrogen and oxygen atoms in total. The Morgan fingerprint density at radius 2 is 2.33 bits per heavy atom. The molecule has 2 unspecified atom stereocenters. The summed E-state index contributed by atoms with van der Waals surface area (Å²) in [4.78, 5) is 15.4. The number of carbonyl (C=O) groups is 1. The first kappa shape index (κ1) is 14.6. The predicted molar refractivity (Wildman–Crippen MR) is 69.1 cm³/mol. The van der Waals surface area contributed by atoms with Gasteiger partial charge in [0.15, 0.2) is 0 Å². The average Bonchev–Trinajstić information content (AvgIpc) is 2.29. The van der Waals surface area contributed by atoms with Crippen LogP contribution >= 0.6 is 0 Å². The number of anilines is 1. The summed E-state index contributed by atoms with van der Waals surface area (Å²) in [6.45, 7) is 1.79. The van der Waals surface area contributed by atoms with E-state index in [4.69, 9.17) is 5.73 Å². The topological polar surface area (TPSA) is 85.1 Å². The number of amides is 1. The lowest BCUT2D eigenvalue weighted by Crippen LogP contribution is -2.34. The largest absolute Gasteiger partial charge is 0.383 e. The van der Waals surface area contributed by atoms with Crippen LogP contribution in [0.3, 0.4) is 0 Å². The van der Waals surface area contributed by atoms with Crippen molar-refractivity contribution in [1.29, 1.82) is 0 Å². The van der Waals surface area contributed by atoms with Gasteiger partial charge in [-0.1, -0.05) is 0 Å². The van der Waals surface area contributed by atoms with Gasteiger partial charge in [0.05, 0.1) is 11.8 Å². The molecule has 0 fully saturated rings. The summed E-state index contributed by atoms with van der Waals surface area (Å²) in [7, 11) is -0.902. The maximum atomic E-state index is 13.0. The summed E-state index contributed by atoms with van der Waals surface area (Å²) < 4.78 is 23.9. The summed E-state index contributed by atoms with van der Waals surface area (Å²) in [5.74, 6) is -0.607. The SMILES string of the molecule is CC(CCS(C)=O)NC(=O)c1cc(F)cnc1N. The smallest absolute Gasteiger partial charge is 0.255 e. The number of carbonyl (C=O) groups excluding carboxylic acids is 1. The number of nitrogens with one attached hydrogen (secondary N) is 1. The number of nitrogen functional groups attached to an aromatic ring is 1. The molecular weight excluding hydrogens is 257 g/mol. The van der Waals surface area contributed by atoms with Crippen molar-refractivity contribution in [2.24, 2.45) is 0 Å². The Morgan fingerprint density at radius 3 is 2.94 bits per heavy atom. The molecule has 7 heteroatoms. The van der Waals surface area contributed by atoms with Crippen LogP contribution in [0.15, 0.2) is 12.3 Å². The molecule has 1 amide bonds. The fourth-order valence-corrected chi connectivity index (χ4v) is 2.03. The number of hydrogen-bond acceptors (Lipinski definition) is 4. The van der Waals surface area contributed by atoms with Crippen LogP contribution in [0.2, 0.25) is 0 Å². The number of pyridine rings is 1. The second kappa shape index (κ2) is 6.44. The van der Waals surface area contributed by atoms with E-state index in [1.54, 1.807) is 13.2 Å². The summed E-state index contributed by atoms with van der Waals surface area (Å²) >= 11 is 0. The van der Waals surface area contributed by atoms with Gasteiger partial charge in [0, 0.05) is 28.9 Å². The van der Waals surface area contributed by atoms with Crippen molar-refractivity contribution in [3.63, 3.8) is 0 Å². The van der Waals surface area contributed by atoms with E-state index in [0.717, 1.165) is 12.3 Å². The Kier molecular flexibility index (Phi) is 5.21. The van der Waals surface area contributed by atoms with E-state index < -0.39 is 22.5 Å². The molecule has 100 valence electrons. The maximum absolute atomic E-state index is 13.0. The van der Waals surface area contributed by atoms with Crippen molar-refractivity contribution in [2.45, 2.75) is 19.4 Å². The molecule has 0 spiro atoms. The predicted octanol–water partition coefficient (Wildman–Crippen LogP) is 0.690. The highest BCUT2D eigenvalue weighted by molar-refractivity contribution is 7.84. The third-order valence-corrected chi connectivity index (χ3v) is 3.16. The van der Waals surface area contributed by atoms with Crippen LogP contribution in [0.4, 0.5) is 10.2 Å². The Labute approximate surface area is 107 Å². The Balaban J connectivity index is 2.64. The molecular formula is C11H16FN3O2S. The molecule has 3 N–H and O–H groups in total. The Hall–Kier alpha value is -1.50. The minimum absolute atomic E-state index is 0.0134. The lowest BCUT2D eigenvalue weighted by atomic mass is 10.2. The first-order chi connectivity index (χ1) is 8.40. The van der Waals surface area contributed by atoms with Crippen LogP contribution in [-0.2, 0) is 10.8 Å². The molecule has 0 aliphatic carbocycles. The Bertz CT molecular complexity index is 468. The molecule has 1 heterocycles. The van der Waals surface area contributed by atoms with Gasteiger partial charge in [-0.15, -0.1) is 0 Å². The van der Waals surface area contributed by atoms with Crippen LogP contribution < -0.4 is 11.1 Å². The minimum atomic E-state index is -0.902. The molecule has 0 saturated heterocycles. The van der Waals surface area contributed by atoms with E-state index in [1.807, 2.05) is 0 Å². The number of hydrogen-bond donors (Lipinski definition) is 2. The second-order valence-electron chi connectivity index (χ2n) is 4.03. The fourth-order valence-electron chi connectivity index (χ4n) is 1.35. The quantitative estimate of drug-likeness (QED) is 0.826. The van der Waals surface area contributed by atoms with Crippen LogP contribution in [0.25, 0.3) is 0 Å². The summed E-state index contributed by atoms with van der Waals surface area (Å²) in [6, 6.07) is 0.881. The molecule has 1 aromatic heterocycles. The summed E-state index contributed by atoms with van der Waals surface area (Å²) in [6.07, 6.45) is 3.14. The van der Waals surface area contributed by atoms with E-state index in [1.165, 1.54) is 0 Å². The number of nitrogens with zero attached hydrogens (tertiary/aromatic N) is 1. The number of aromatic nitrogens is 1. The summed E-state index contributed by atoms with van der Waals surface area (Å²) in [5.41, 5.74) is 5.51. The molecule has 0 aromatic carbocycles. The monoisotopic (exact) mass is 273 g/mol. The fraction of sp³-hybridized carbons (Fsp3) is 0.455. The first-order valence-electron chi connectivity index (χ1n) is 5.42. The van der Waals surface area contributed by atoms with Crippen molar-refractivity contribution < 1.29 is 13.4 Å². The van der Waals surface area contributed by atoms with Crippen LogP contribution in [0.5, 0.6) is 0 Å². The van der Waals surface area contributed by atoms with E-state index in [-0.39, 0.29) is 17.4 Å². The van der Waals surface area contributed by atoms with Crippen molar-refractivity contribution in [1.82, 2.24) is 10.3 Å². The van der Waals surface area contributed by atoms with Gasteiger partial charge < -0.3 is 11.1 Å². The van der Waals surface area contributed by atoms with Crippen molar-refractivity contribution >= 4 is 22.5 Å². The van der Waals surface area contributed by atoms with E-state index in [9.17, 15) is 13.4 Å². The van der Waals surface area contributed by atoms with Gasteiger partial charge in [0.2, 0.25) is 0 Å². The molecule has 1 rings (SSSR count). The molecule has 0 radical (unpaired) electrons. The molecule has 2 atom stereocenters. The maximum Gasteiger partial charge on any atom is 0.255 e. The highest BCUT2D eigenvalue weighted by atomic mass is 32.2. The Morgan fingerprint density at radius 1 is 1.67 bits per heavy atom. The zero-order valence-electron chi connectivity index (χ0n) is 10.3. The zero-order chi connectivity index (χ0) is 13.7. The van der Waals surface area contributed by atoms with Crippen LogP contribution in [0, 0.1) is 5.82 Å². The number of halogens is 1. The van der Waals surface area contributed by atoms with Crippen LogP contribution in [-0.4, -0.2) is 33.2 Å². The lowest BCUT2D eigenvalue weighted by Gasteiger charge is -2.13. The number of rotatable bonds is 5. The lowest BCUT2D eigenvalue weighted by molar-refractivity contribution is 0.0939. The standard InChI is InChI=1S/C11H16FN3O2S/c1-7(3-4-18(2)17)15-11(16)9-5-8(12)6-14-10(9)13/h5-7H,3-4H2,1-2H3,(H2,13,14)(H,15,16). The third-order valence-electron chi connectivity index (χ3n) is 2.35. The number of nitrogens with two attached hydrogens (primary N) is 1. The highest BCUT2D eigenvalue weighted by Gasteiger charge is 2.14. The third kappa shape index (κ3) is 4.40. The van der Waals surface area contributed by atoms with Crippen molar-refractivity contribution in [2.75, 3.05) is 17.7 Å². The van der Waals surface area contributed by atoms with E-state index >= 15 is 0 Å². The minimum Gasteiger partial charge on any atom is -0.383 e. The molecule has 0 saturated carbocycles. The molecule has 0 aliphatic heterocycles. The van der Waals surface area contributed by atoms with Gasteiger partial charge in [0.1, 0.15) is 11.6 Å². The highest BCUT2D eigenvalue weighted by Crippen LogP contribution is 2.10. The normalized spacial score (nSPS) is 13.9. The molecule has 18 heavy (non-hydrogen) atoms. The van der Waals surface area contributed by atoms with Crippen molar-refractivity contribution in [3.8, 4) is 0 Å². The van der Waals surface area contributed by atoms with Gasteiger partial charge >= 0.3 is 0 Å². The first-order valence-corrected chi connectivity index (χ1v) is 7.14. The summed E-state index contributed by atoms with van der Waals surface area (Å²) in [5, 5.41) is 2.66.